The normalized spacial score (nSPS) is 18.5. The lowest BCUT2D eigenvalue weighted by molar-refractivity contribution is -0.136. The molecule has 0 bridgehead atoms. The van der Waals surface area contributed by atoms with Crippen LogP contribution in [0, 0.1) is 5.92 Å². The lowest BCUT2D eigenvalue weighted by atomic mass is 9.96. The molecule has 1 aromatic carbocycles. The molecule has 3 heterocycles. The Balaban J connectivity index is 1.35. The molecule has 0 unspecified atom stereocenters. The summed E-state index contributed by atoms with van der Waals surface area (Å²) in [6.45, 7) is 5.47. The highest BCUT2D eigenvalue weighted by Crippen LogP contribution is 2.32. The zero-order chi connectivity index (χ0) is 19.3. The van der Waals surface area contributed by atoms with Crippen molar-refractivity contribution in [1.82, 2.24) is 9.88 Å². The van der Waals surface area contributed by atoms with Crippen LogP contribution in [-0.4, -0.2) is 55.0 Å². The molecule has 2 fully saturated rings. The highest BCUT2D eigenvalue weighted by molar-refractivity contribution is 7.13. The lowest BCUT2D eigenvalue weighted by Crippen LogP contribution is -2.42. The number of hydrogen-bond donors (Lipinski definition) is 0. The molecule has 1 aromatic heterocycles. The molecule has 2 aromatic rings. The third kappa shape index (κ3) is 4.37. The van der Waals surface area contributed by atoms with Crippen molar-refractivity contribution in [2.75, 3.05) is 32.9 Å². The number of ether oxygens (including phenoxy) is 3. The largest absolute Gasteiger partial charge is 0.493 e. The second-order valence-electron chi connectivity index (χ2n) is 7.08. The van der Waals surface area contributed by atoms with E-state index in [9.17, 15) is 4.79 Å². The highest BCUT2D eigenvalue weighted by atomic mass is 32.1. The second kappa shape index (κ2) is 9.03. The number of thiazole rings is 1. The fourth-order valence-corrected chi connectivity index (χ4v) is 4.62. The molecular formula is C21H26N2O4S. The third-order valence-corrected chi connectivity index (χ3v) is 6.15. The summed E-state index contributed by atoms with van der Waals surface area (Å²) in [6.07, 6.45) is 2.12. The number of likely N-dealkylation sites (tertiary alicyclic amines) is 1. The quantitative estimate of drug-likeness (QED) is 0.741. The third-order valence-electron chi connectivity index (χ3n) is 5.23. The molecule has 4 rings (SSSR count). The van der Waals surface area contributed by atoms with Gasteiger partial charge in [0, 0.05) is 24.4 Å². The molecule has 0 aliphatic carbocycles. The van der Waals surface area contributed by atoms with Crippen molar-refractivity contribution in [3.63, 3.8) is 0 Å². The number of rotatable bonds is 6. The van der Waals surface area contributed by atoms with E-state index < -0.39 is 0 Å². The van der Waals surface area contributed by atoms with Gasteiger partial charge >= 0.3 is 0 Å². The lowest BCUT2D eigenvalue weighted by Gasteiger charge is -2.33. The smallest absolute Gasteiger partial charge is 0.228 e. The first-order chi connectivity index (χ1) is 13.7. The van der Waals surface area contributed by atoms with Gasteiger partial charge in [0.2, 0.25) is 5.91 Å². The minimum absolute atomic E-state index is 0.0799. The van der Waals surface area contributed by atoms with E-state index in [1.807, 2.05) is 41.5 Å². The maximum absolute atomic E-state index is 12.7. The molecule has 0 N–H and O–H groups in total. The first kappa shape index (κ1) is 19.4. The molecule has 0 saturated carbocycles. The number of aromatic nitrogens is 1. The summed E-state index contributed by atoms with van der Waals surface area (Å²) in [7, 11) is 0. The first-order valence-electron chi connectivity index (χ1n) is 9.92. The van der Waals surface area contributed by atoms with Crippen molar-refractivity contribution in [3.05, 3.63) is 35.3 Å². The van der Waals surface area contributed by atoms with Crippen molar-refractivity contribution in [2.45, 2.75) is 32.5 Å². The number of hydrogen-bond acceptors (Lipinski definition) is 6. The van der Waals surface area contributed by atoms with Gasteiger partial charge in [-0.2, -0.15) is 0 Å². The topological polar surface area (TPSA) is 60.9 Å². The van der Waals surface area contributed by atoms with Gasteiger partial charge in [-0.25, -0.2) is 4.98 Å². The summed E-state index contributed by atoms with van der Waals surface area (Å²) in [5.74, 6) is 1.37. The van der Waals surface area contributed by atoms with Crippen LogP contribution >= 0.6 is 11.3 Å². The number of carbonyl (C=O) groups is 1. The molecule has 2 aliphatic heterocycles. The van der Waals surface area contributed by atoms with Gasteiger partial charge < -0.3 is 19.1 Å². The Morgan fingerprint density at radius 1 is 1.25 bits per heavy atom. The predicted molar refractivity (Wildman–Crippen MR) is 107 cm³/mol. The predicted octanol–water partition coefficient (Wildman–Crippen LogP) is 3.36. The Bertz CT molecular complexity index is 795. The van der Waals surface area contributed by atoms with Crippen LogP contribution in [0.1, 0.15) is 25.5 Å². The summed E-state index contributed by atoms with van der Waals surface area (Å²) in [5.41, 5.74) is 1.80. The van der Waals surface area contributed by atoms with Crippen LogP contribution < -0.4 is 4.74 Å². The highest BCUT2D eigenvalue weighted by Gasteiger charge is 2.31. The Kier molecular flexibility index (Phi) is 6.24. The van der Waals surface area contributed by atoms with Crippen LogP contribution in [0.25, 0.3) is 10.6 Å². The van der Waals surface area contributed by atoms with Crippen LogP contribution in [0.2, 0.25) is 0 Å². The van der Waals surface area contributed by atoms with Crippen molar-refractivity contribution < 1.29 is 19.0 Å². The maximum Gasteiger partial charge on any atom is 0.228 e. The fraction of sp³-hybridized carbons (Fsp3) is 0.524. The minimum atomic E-state index is -0.0799. The molecule has 0 spiro atoms. The summed E-state index contributed by atoms with van der Waals surface area (Å²) >= 11 is 1.55. The fourth-order valence-electron chi connectivity index (χ4n) is 3.77. The number of benzene rings is 1. The molecule has 6 nitrogen and oxygen atoms in total. The van der Waals surface area contributed by atoms with E-state index >= 15 is 0 Å². The Labute approximate surface area is 169 Å². The summed E-state index contributed by atoms with van der Waals surface area (Å²) < 4.78 is 16.9. The van der Waals surface area contributed by atoms with Gasteiger partial charge in [-0.05, 0) is 31.9 Å². The average molecular weight is 403 g/mol. The molecule has 0 radical (unpaired) electrons. The molecule has 0 atom stereocenters. The second-order valence-corrected chi connectivity index (χ2v) is 7.94. The van der Waals surface area contributed by atoms with Gasteiger partial charge in [-0.3, -0.25) is 4.79 Å². The van der Waals surface area contributed by atoms with E-state index in [1.165, 1.54) is 0 Å². The van der Waals surface area contributed by atoms with Gasteiger partial charge in [0.25, 0.3) is 0 Å². The standard InChI is InChI=1S/C21H26N2O4S/c1-2-25-18-6-4-3-5-17(18)20-22-16(14-28-20)13-19(24)23-9-7-15(8-10-23)21-26-11-12-27-21/h3-6,14-15,21H,2,7-13H2,1H3. The van der Waals surface area contributed by atoms with Crippen LogP contribution in [0.4, 0.5) is 0 Å². The molecule has 7 heteroatoms. The first-order valence-corrected chi connectivity index (χ1v) is 10.8. The summed E-state index contributed by atoms with van der Waals surface area (Å²) in [4.78, 5) is 19.3. The number of nitrogens with zero attached hydrogens (tertiary/aromatic N) is 2. The van der Waals surface area contributed by atoms with Crippen LogP contribution in [0.3, 0.4) is 0 Å². The van der Waals surface area contributed by atoms with E-state index in [-0.39, 0.29) is 12.2 Å². The van der Waals surface area contributed by atoms with Crippen LogP contribution in [0.15, 0.2) is 29.6 Å². The van der Waals surface area contributed by atoms with E-state index in [2.05, 4.69) is 4.98 Å². The van der Waals surface area contributed by atoms with Crippen molar-refractivity contribution in [3.8, 4) is 16.3 Å². The zero-order valence-electron chi connectivity index (χ0n) is 16.1. The SMILES string of the molecule is CCOc1ccccc1-c1nc(CC(=O)N2CCC(C3OCCO3)CC2)cs1. The van der Waals surface area contributed by atoms with E-state index in [4.69, 9.17) is 14.2 Å². The molecular weight excluding hydrogens is 376 g/mol. The van der Waals surface area contributed by atoms with Gasteiger partial charge in [0.05, 0.1) is 37.5 Å². The molecule has 2 saturated heterocycles. The zero-order valence-corrected chi connectivity index (χ0v) is 17.0. The van der Waals surface area contributed by atoms with E-state index in [0.717, 1.165) is 47.9 Å². The van der Waals surface area contributed by atoms with Crippen molar-refractivity contribution >= 4 is 17.2 Å². The number of piperidine rings is 1. The molecule has 150 valence electrons. The Morgan fingerprint density at radius 2 is 2.00 bits per heavy atom. The van der Waals surface area contributed by atoms with Crippen molar-refractivity contribution in [1.29, 1.82) is 0 Å². The summed E-state index contributed by atoms with van der Waals surface area (Å²) in [5, 5.41) is 2.87. The van der Waals surface area contributed by atoms with Gasteiger partial charge in [-0.15, -0.1) is 11.3 Å². The number of carbonyl (C=O) groups excluding carboxylic acids is 1. The van der Waals surface area contributed by atoms with Crippen LogP contribution in [0.5, 0.6) is 5.75 Å². The van der Waals surface area contributed by atoms with Gasteiger partial charge in [-0.1, -0.05) is 12.1 Å². The number of amides is 1. The van der Waals surface area contributed by atoms with E-state index in [1.54, 1.807) is 11.3 Å². The Hall–Kier alpha value is -1.96. The molecule has 28 heavy (non-hydrogen) atoms. The molecule has 2 aliphatic rings. The van der Waals surface area contributed by atoms with Gasteiger partial charge in [0.15, 0.2) is 6.29 Å². The monoisotopic (exact) mass is 402 g/mol. The van der Waals surface area contributed by atoms with Gasteiger partial charge in [0.1, 0.15) is 10.8 Å². The van der Waals surface area contributed by atoms with Crippen LogP contribution in [-0.2, 0) is 20.7 Å². The van der Waals surface area contributed by atoms with Crippen molar-refractivity contribution in [2.24, 2.45) is 5.92 Å². The summed E-state index contributed by atoms with van der Waals surface area (Å²) in [6, 6.07) is 7.89. The minimum Gasteiger partial charge on any atom is -0.493 e. The molecule has 1 amide bonds. The Morgan fingerprint density at radius 3 is 2.75 bits per heavy atom. The maximum atomic E-state index is 12.7. The number of para-hydroxylation sites is 1. The van der Waals surface area contributed by atoms with E-state index in [0.29, 0.717) is 32.2 Å². The average Bonchev–Trinajstić information content (AvgIpc) is 3.41.